The molecule has 3 amide bonds. The van der Waals surface area contributed by atoms with Crippen LogP contribution in [0, 0.1) is 6.92 Å². The van der Waals surface area contributed by atoms with E-state index in [1.54, 1.807) is 24.3 Å². The van der Waals surface area contributed by atoms with Gasteiger partial charge in [-0.3, -0.25) is 14.4 Å². The molecule has 0 bridgehead atoms. The first-order valence-corrected chi connectivity index (χ1v) is 9.26. The predicted molar refractivity (Wildman–Crippen MR) is 100 cm³/mol. The number of rotatable bonds is 5. The number of hydrogen-bond donors (Lipinski definition) is 3. The second-order valence-corrected chi connectivity index (χ2v) is 7.23. The standard InChI is InChI=1S/C18H20N4O3S/c1-3-12-10(2)26-18(21-12)22-15(23)9-8-14-17(25)19-13-7-5-4-6-11(13)16(24)20-14/h4-7,14H,3,8-9H2,1-2H3,(H,19,25)(H,20,24)(H,21,22,23). The summed E-state index contributed by atoms with van der Waals surface area (Å²) in [7, 11) is 0. The Morgan fingerprint density at radius 3 is 2.81 bits per heavy atom. The molecule has 1 atom stereocenters. The van der Waals surface area contributed by atoms with Crippen molar-refractivity contribution >= 4 is 39.9 Å². The number of nitrogens with zero attached hydrogens (tertiary/aromatic N) is 1. The minimum Gasteiger partial charge on any atom is -0.340 e. The summed E-state index contributed by atoms with van der Waals surface area (Å²) in [6.45, 7) is 3.98. The lowest BCUT2D eigenvalue weighted by Gasteiger charge is -2.13. The lowest BCUT2D eigenvalue weighted by atomic mass is 10.1. The van der Waals surface area contributed by atoms with E-state index in [-0.39, 0.29) is 30.6 Å². The number of anilines is 2. The van der Waals surface area contributed by atoms with Crippen LogP contribution in [0.5, 0.6) is 0 Å². The van der Waals surface area contributed by atoms with Crippen molar-refractivity contribution in [1.82, 2.24) is 10.3 Å². The van der Waals surface area contributed by atoms with Gasteiger partial charge in [-0.2, -0.15) is 0 Å². The van der Waals surface area contributed by atoms with E-state index in [1.807, 2.05) is 13.8 Å². The number of para-hydroxylation sites is 1. The molecule has 7 nitrogen and oxygen atoms in total. The molecule has 26 heavy (non-hydrogen) atoms. The van der Waals surface area contributed by atoms with Crippen LogP contribution in [-0.2, 0) is 16.0 Å². The fraction of sp³-hybridized carbons (Fsp3) is 0.333. The van der Waals surface area contributed by atoms with Crippen LogP contribution in [-0.4, -0.2) is 28.7 Å². The number of aryl methyl sites for hydroxylation is 2. The number of thiazole rings is 1. The van der Waals surface area contributed by atoms with E-state index in [4.69, 9.17) is 0 Å². The number of hydrogen-bond acceptors (Lipinski definition) is 5. The first-order valence-electron chi connectivity index (χ1n) is 8.44. The summed E-state index contributed by atoms with van der Waals surface area (Å²) >= 11 is 1.43. The van der Waals surface area contributed by atoms with E-state index in [9.17, 15) is 14.4 Å². The van der Waals surface area contributed by atoms with Crippen molar-refractivity contribution in [2.45, 2.75) is 39.2 Å². The van der Waals surface area contributed by atoms with Gasteiger partial charge in [0.1, 0.15) is 6.04 Å². The van der Waals surface area contributed by atoms with Crippen molar-refractivity contribution in [3.63, 3.8) is 0 Å². The lowest BCUT2D eigenvalue weighted by molar-refractivity contribution is -0.118. The quantitative estimate of drug-likeness (QED) is 0.751. The van der Waals surface area contributed by atoms with E-state index in [1.165, 1.54) is 11.3 Å². The van der Waals surface area contributed by atoms with Crippen LogP contribution >= 0.6 is 11.3 Å². The van der Waals surface area contributed by atoms with Crippen LogP contribution in [0.1, 0.15) is 40.7 Å². The van der Waals surface area contributed by atoms with Crippen molar-refractivity contribution in [1.29, 1.82) is 0 Å². The number of amides is 3. The Morgan fingerprint density at radius 1 is 1.31 bits per heavy atom. The molecule has 3 N–H and O–H groups in total. The molecule has 3 rings (SSSR count). The molecule has 0 saturated carbocycles. The summed E-state index contributed by atoms with van der Waals surface area (Å²) in [6, 6.07) is 6.05. The van der Waals surface area contributed by atoms with Gasteiger partial charge in [-0.1, -0.05) is 19.1 Å². The lowest BCUT2D eigenvalue weighted by Crippen LogP contribution is -2.41. The van der Waals surface area contributed by atoms with Gasteiger partial charge in [0, 0.05) is 11.3 Å². The Bertz CT molecular complexity index is 862. The van der Waals surface area contributed by atoms with Gasteiger partial charge in [0.2, 0.25) is 11.8 Å². The molecule has 1 unspecified atom stereocenters. The highest BCUT2D eigenvalue weighted by atomic mass is 32.1. The van der Waals surface area contributed by atoms with E-state index >= 15 is 0 Å². The molecular formula is C18H20N4O3S. The summed E-state index contributed by atoms with van der Waals surface area (Å²) in [5.41, 5.74) is 1.86. The summed E-state index contributed by atoms with van der Waals surface area (Å²) in [5.74, 6) is -0.882. The van der Waals surface area contributed by atoms with Gasteiger partial charge in [-0.15, -0.1) is 11.3 Å². The SMILES string of the molecule is CCc1nc(NC(=O)CCC2NC(=O)c3ccccc3NC2=O)sc1C. The van der Waals surface area contributed by atoms with Gasteiger partial charge < -0.3 is 16.0 Å². The third-order valence-electron chi connectivity index (χ3n) is 4.19. The van der Waals surface area contributed by atoms with E-state index in [2.05, 4.69) is 20.9 Å². The number of carbonyl (C=O) groups is 3. The van der Waals surface area contributed by atoms with Crippen molar-refractivity contribution in [3.05, 3.63) is 40.4 Å². The molecule has 0 fully saturated rings. The summed E-state index contributed by atoms with van der Waals surface area (Å²) < 4.78 is 0. The Labute approximate surface area is 155 Å². The van der Waals surface area contributed by atoms with Gasteiger partial charge in [-0.05, 0) is 31.9 Å². The average molecular weight is 372 g/mol. The van der Waals surface area contributed by atoms with Crippen molar-refractivity contribution in [3.8, 4) is 0 Å². The first-order chi connectivity index (χ1) is 12.5. The maximum absolute atomic E-state index is 12.3. The fourth-order valence-corrected chi connectivity index (χ4v) is 3.70. The largest absolute Gasteiger partial charge is 0.340 e. The maximum Gasteiger partial charge on any atom is 0.254 e. The molecule has 2 aromatic rings. The van der Waals surface area contributed by atoms with Crippen molar-refractivity contribution < 1.29 is 14.4 Å². The normalized spacial score (nSPS) is 16.3. The minimum atomic E-state index is -0.759. The average Bonchev–Trinajstić information content (AvgIpc) is 2.91. The Balaban J connectivity index is 1.59. The molecule has 1 aromatic carbocycles. The molecular weight excluding hydrogens is 352 g/mol. The molecule has 136 valence electrons. The summed E-state index contributed by atoms with van der Waals surface area (Å²) in [6.07, 6.45) is 1.13. The molecule has 8 heteroatoms. The highest BCUT2D eigenvalue weighted by molar-refractivity contribution is 7.15. The second kappa shape index (κ2) is 7.65. The first kappa shape index (κ1) is 18.1. The Morgan fingerprint density at radius 2 is 2.08 bits per heavy atom. The predicted octanol–water partition coefficient (Wildman–Crippen LogP) is 2.48. The zero-order valence-corrected chi connectivity index (χ0v) is 15.4. The maximum atomic E-state index is 12.3. The molecule has 0 aliphatic carbocycles. The Kier molecular flexibility index (Phi) is 5.32. The van der Waals surface area contributed by atoms with Gasteiger partial charge >= 0.3 is 0 Å². The molecule has 0 spiro atoms. The number of aromatic nitrogens is 1. The van der Waals surface area contributed by atoms with Gasteiger partial charge in [0.05, 0.1) is 16.9 Å². The van der Waals surface area contributed by atoms with Crippen LogP contribution in [0.3, 0.4) is 0 Å². The van der Waals surface area contributed by atoms with Crippen LogP contribution in [0.25, 0.3) is 0 Å². The van der Waals surface area contributed by atoms with E-state index in [0.717, 1.165) is 17.0 Å². The highest BCUT2D eigenvalue weighted by Gasteiger charge is 2.27. The van der Waals surface area contributed by atoms with Crippen LogP contribution in [0.4, 0.5) is 10.8 Å². The molecule has 1 aliphatic heterocycles. The van der Waals surface area contributed by atoms with Gasteiger partial charge in [0.15, 0.2) is 5.13 Å². The summed E-state index contributed by atoms with van der Waals surface area (Å²) in [4.78, 5) is 42.2. The molecule has 1 aromatic heterocycles. The fourth-order valence-electron chi connectivity index (χ4n) is 2.78. The number of fused-ring (bicyclic) bond motifs is 1. The van der Waals surface area contributed by atoms with Crippen molar-refractivity contribution in [2.75, 3.05) is 10.6 Å². The Hall–Kier alpha value is -2.74. The number of nitrogens with one attached hydrogen (secondary N) is 3. The third kappa shape index (κ3) is 3.91. The molecule has 2 heterocycles. The van der Waals surface area contributed by atoms with Crippen LogP contribution in [0.15, 0.2) is 24.3 Å². The van der Waals surface area contributed by atoms with E-state index in [0.29, 0.717) is 16.4 Å². The smallest absolute Gasteiger partial charge is 0.254 e. The zero-order chi connectivity index (χ0) is 18.7. The van der Waals surface area contributed by atoms with E-state index < -0.39 is 6.04 Å². The summed E-state index contributed by atoms with van der Waals surface area (Å²) in [5, 5.41) is 8.73. The van der Waals surface area contributed by atoms with Crippen LogP contribution in [0.2, 0.25) is 0 Å². The zero-order valence-electron chi connectivity index (χ0n) is 14.6. The third-order valence-corrected chi connectivity index (χ3v) is 5.11. The topological polar surface area (TPSA) is 100 Å². The van der Waals surface area contributed by atoms with Gasteiger partial charge in [0.25, 0.3) is 5.91 Å². The second-order valence-electron chi connectivity index (χ2n) is 6.02. The molecule has 0 saturated heterocycles. The minimum absolute atomic E-state index is 0.106. The number of benzene rings is 1. The van der Waals surface area contributed by atoms with Gasteiger partial charge in [-0.25, -0.2) is 4.98 Å². The molecule has 1 aliphatic rings. The van der Waals surface area contributed by atoms with Crippen LogP contribution < -0.4 is 16.0 Å². The highest BCUT2D eigenvalue weighted by Crippen LogP contribution is 2.23. The number of carbonyl (C=O) groups excluding carboxylic acids is 3. The van der Waals surface area contributed by atoms with Crippen molar-refractivity contribution in [2.24, 2.45) is 0 Å². The molecule has 0 radical (unpaired) electrons. The monoisotopic (exact) mass is 372 g/mol.